The Labute approximate surface area is 154 Å². The first-order chi connectivity index (χ1) is 12.4. The van der Waals surface area contributed by atoms with Crippen LogP contribution in [0.1, 0.15) is 49.1 Å². The molecule has 0 radical (unpaired) electrons. The highest BCUT2D eigenvalue weighted by Crippen LogP contribution is 2.30. The number of carbonyl (C=O) groups is 1. The van der Waals surface area contributed by atoms with Crippen LogP contribution >= 0.6 is 0 Å². The SMILES string of the molecule is Cc1cc(F)ccc1C1CCN(C(=O)NC[C@@H]2CCCCS2(=O)=O)CC1. The van der Waals surface area contributed by atoms with E-state index in [4.69, 9.17) is 0 Å². The monoisotopic (exact) mass is 382 g/mol. The number of nitrogens with one attached hydrogen (secondary N) is 1. The van der Waals surface area contributed by atoms with E-state index >= 15 is 0 Å². The van der Waals surface area contributed by atoms with Crippen LogP contribution in [0.4, 0.5) is 9.18 Å². The summed E-state index contributed by atoms with van der Waals surface area (Å²) in [6.07, 6.45) is 3.93. The summed E-state index contributed by atoms with van der Waals surface area (Å²) < 4.78 is 37.3. The van der Waals surface area contributed by atoms with E-state index in [-0.39, 0.29) is 24.1 Å². The number of piperidine rings is 1. The molecule has 0 aromatic heterocycles. The summed E-state index contributed by atoms with van der Waals surface area (Å²) in [6.45, 7) is 3.38. The summed E-state index contributed by atoms with van der Waals surface area (Å²) in [5.41, 5.74) is 2.11. The van der Waals surface area contributed by atoms with Gasteiger partial charge in [-0.15, -0.1) is 0 Å². The lowest BCUT2D eigenvalue weighted by atomic mass is 9.87. The van der Waals surface area contributed by atoms with Crippen molar-refractivity contribution in [3.63, 3.8) is 0 Å². The van der Waals surface area contributed by atoms with Gasteiger partial charge in [0.1, 0.15) is 5.82 Å². The number of hydrogen-bond acceptors (Lipinski definition) is 3. The molecule has 0 aliphatic carbocycles. The number of halogens is 1. The van der Waals surface area contributed by atoms with Crippen LogP contribution in [-0.2, 0) is 9.84 Å². The average Bonchev–Trinajstić information content (AvgIpc) is 2.60. The Bertz CT molecular complexity index is 758. The fourth-order valence-corrected chi connectivity index (χ4v) is 5.86. The topological polar surface area (TPSA) is 66.5 Å². The lowest BCUT2D eigenvalue weighted by Gasteiger charge is -2.33. The predicted molar refractivity (Wildman–Crippen MR) is 99.5 cm³/mol. The number of rotatable bonds is 3. The minimum atomic E-state index is -3.07. The molecule has 2 aliphatic rings. The molecule has 2 heterocycles. The Kier molecular flexibility index (Phi) is 5.85. The van der Waals surface area contributed by atoms with Crippen LogP contribution in [-0.4, -0.2) is 50.0 Å². The van der Waals surface area contributed by atoms with Crippen molar-refractivity contribution in [2.24, 2.45) is 0 Å². The first-order valence-corrected chi connectivity index (χ1v) is 11.1. The summed E-state index contributed by atoms with van der Waals surface area (Å²) in [4.78, 5) is 14.1. The third-order valence-corrected chi connectivity index (χ3v) is 7.92. The molecular weight excluding hydrogens is 355 g/mol. The molecule has 1 aromatic rings. The molecule has 0 spiro atoms. The highest BCUT2D eigenvalue weighted by Gasteiger charge is 2.30. The van der Waals surface area contributed by atoms with Gasteiger partial charge in [-0.1, -0.05) is 12.5 Å². The summed E-state index contributed by atoms with van der Waals surface area (Å²) in [6, 6.07) is 4.71. The molecule has 0 saturated carbocycles. The number of urea groups is 1. The van der Waals surface area contributed by atoms with Crippen molar-refractivity contribution in [3.8, 4) is 0 Å². The zero-order valence-corrected chi connectivity index (χ0v) is 16.0. The number of aryl methyl sites for hydroxylation is 1. The summed E-state index contributed by atoms with van der Waals surface area (Å²) >= 11 is 0. The smallest absolute Gasteiger partial charge is 0.317 e. The van der Waals surface area contributed by atoms with Gasteiger partial charge in [-0.25, -0.2) is 17.6 Å². The molecule has 1 aromatic carbocycles. The lowest BCUT2D eigenvalue weighted by molar-refractivity contribution is 0.181. The first kappa shape index (κ1) is 19.1. The largest absolute Gasteiger partial charge is 0.337 e. The van der Waals surface area contributed by atoms with E-state index in [0.717, 1.165) is 36.8 Å². The van der Waals surface area contributed by atoms with E-state index in [1.807, 2.05) is 13.0 Å². The van der Waals surface area contributed by atoms with Gasteiger partial charge in [-0.2, -0.15) is 0 Å². The van der Waals surface area contributed by atoms with Gasteiger partial charge in [-0.3, -0.25) is 0 Å². The van der Waals surface area contributed by atoms with Crippen LogP contribution in [0.15, 0.2) is 18.2 Å². The van der Waals surface area contributed by atoms with Gasteiger partial charge in [0.15, 0.2) is 9.84 Å². The molecule has 1 N–H and O–H groups in total. The number of likely N-dealkylation sites (tertiary alicyclic amines) is 1. The first-order valence-electron chi connectivity index (χ1n) is 9.37. The van der Waals surface area contributed by atoms with Crippen molar-refractivity contribution < 1.29 is 17.6 Å². The van der Waals surface area contributed by atoms with Gasteiger partial charge in [0.25, 0.3) is 0 Å². The summed E-state index contributed by atoms with van der Waals surface area (Å²) in [5, 5.41) is 2.36. The second kappa shape index (κ2) is 7.94. The van der Waals surface area contributed by atoms with Crippen molar-refractivity contribution in [2.75, 3.05) is 25.4 Å². The van der Waals surface area contributed by atoms with Crippen LogP contribution < -0.4 is 5.32 Å². The number of benzene rings is 1. The van der Waals surface area contributed by atoms with Crippen LogP contribution in [0.3, 0.4) is 0 Å². The van der Waals surface area contributed by atoms with E-state index in [2.05, 4.69) is 5.32 Å². The molecule has 26 heavy (non-hydrogen) atoms. The molecule has 5 nitrogen and oxygen atoms in total. The number of hydrogen-bond donors (Lipinski definition) is 1. The highest BCUT2D eigenvalue weighted by atomic mass is 32.2. The number of sulfone groups is 1. The van der Waals surface area contributed by atoms with E-state index in [0.29, 0.717) is 25.4 Å². The Morgan fingerprint density at radius 3 is 2.62 bits per heavy atom. The van der Waals surface area contributed by atoms with Crippen molar-refractivity contribution in [3.05, 3.63) is 35.1 Å². The molecule has 2 fully saturated rings. The third-order valence-electron chi connectivity index (χ3n) is 5.65. The molecule has 3 rings (SSSR count). The van der Waals surface area contributed by atoms with Crippen molar-refractivity contribution in [1.82, 2.24) is 10.2 Å². The van der Waals surface area contributed by atoms with E-state index in [9.17, 15) is 17.6 Å². The van der Waals surface area contributed by atoms with Crippen molar-refractivity contribution in [1.29, 1.82) is 0 Å². The highest BCUT2D eigenvalue weighted by molar-refractivity contribution is 7.92. The maximum Gasteiger partial charge on any atom is 0.317 e. The van der Waals surface area contributed by atoms with E-state index in [1.165, 1.54) is 6.07 Å². The van der Waals surface area contributed by atoms with Crippen LogP contribution in [0.5, 0.6) is 0 Å². The quantitative estimate of drug-likeness (QED) is 0.874. The normalized spacial score (nSPS) is 23.6. The van der Waals surface area contributed by atoms with Gasteiger partial charge >= 0.3 is 6.03 Å². The molecule has 2 saturated heterocycles. The van der Waals surface area contributed by atoms with Gasteiger partial charge in [0.2, 0.25) is 0 Å². The molecule has 0 unspecified atom stereocenters. The van der Waals surface area contributed by atoms with E-state index in [1.54, 1.807) is 11.0 Å². The Balaban J connectivity index is 1.50. The van der Waals surface area contributed by atoms with Crippen LogP contribution in [0.25, 0.3) is 0 Å². The lowest BCUT2D eigenvalue weighted by Crippen LogP contribution is -2.47. The zero-order valence-electron chi connectivity index (χ0n) is 15.2. The predicted octanol–water partition coefficient (Wildman–Crippen LogP) is 2.99. The second-order valence-electron chi connectivity index (χ2n) is 7.43. The maximum absolute atomic E-state index is 13.3. The van der Waals surface area contributed by atoms with Gasteiger partial charge in [0.05, 0.1) is 11.0 Å². The standard InChI is InChI=1S/C19H27FN2O3S/c1-14-12-16(20)5-6-18(14)15-7-9-22(10-8-15)19(23)21-13-17-4-2-3-11-26(17,24)25/h5-6,12,15,17H,2-4,7-11,13H2,1H3,(H,21,23)/t17-/m0/s1. The zero-order chi connectivity index (χ0) is 18.7. The minimum absolute atomic E-state index is 0.181. The minimum Gasteiger partial charge on any atom is -0.337 e. The Hall–Kier alpha value is -1.63. The molecule has 2 aliphatic heterocycles. The second-order valence-corrected chi connectivity index (χ2v) is 9.83. The average molecular weight is 383 g/mol. The Morgan fingerprint density at radius 1 is 1.23 bits per heavy atom. The molecule has 144 valence electrons. The van der Waals surface area contributed by atoms with Crippen molar-refractivity contribution in [2.45, 2.75) is 50.2 Å². The molecule has 1 atom stereocenters. The number of carbonyl (C=O) groups excluding carboxylic acids is 1. The fraction of sp³-hybridized carbons (Fsp3) is 0.632. The van der Waals surface area contributed by atoms with Crippen LogP contribution in [0.2, 0.25) is 0 Å². The third kappa shape index (κ3) is 4.37. The Morgan fingerprint density at radius 2 is 1.96 bits per heavy atom. The fourth-order valence-electron chi connectivity index (χ4n) is 4.05. The van der Waals surface area contributed by atoms with Gasteiger partial charge in [0, 0.05) is 19.6 Å². The molecule has 2 amide bonds. The number of nitrogens with zero attached hydrogens (tertiary/aromatic N) is 1. The van der Waals surface area contributed by atoms with Crippen molar-refractivity contribution >= 4 is 15.9 Å². The van der Waals surface area contributed by atoms with Crippen LogP contribution in [0, 0.1) is 12.7 Å². The van der Waals surface area contributed by atoms with E-state index < -0.39 is 15.1 Å². The van der Waals surface area contributed by atoms with Gasteiger partial charge in [-0.05, 0) is 61.8 Å². The maximum atomic E-state index is 13.3. The summed E-state index contributed by atoms with van der Waals surface area (Å²) in [5.74, 6) is 0.342. The molecule has 7 heteroatoms. The van der Waals surface area contributed by atoms with Gasteiger partial charge < -0.3 is 10.2 Å². The molecular formula is C19H27FN2O3S. The molecule has 0 bridgehead atoms. The summed E-state index contributed by atoms with van der Waals surface area (Å²) in [7, 11) is -3.07. The number of amides is 2.